The van der Waals surface area contributed by atoms with E-state index in [2.05, 4.69) is 15.2 Å². The predicted molar refractivity (Wildman–Crippen MR) is 107 cm³/mol. The van der Waals surface area contributed by atoms with Crippen molar-refractivity contribution in [3.05, 3.63) is 82.5 Å². The van der Waals surface area contributed by atoms with Crippen molar-refractivity contribution in [3.63, 3.8) is 0 Å². The average Bonchev–Trinajstić information content (AvgIpc) is 3.33. The van der Waals surface area contributed by atoms with Crippen LogP contribution in [0.15, 0.2) is 70.6 Å². The largest absolute Gasteiger partial charge is 0.467 e. The molecule has 0 saturated heterocycles. The monoisotopic (exact) mass is 416 g/mol. The summed E-state index contributed by atoms with van der Waals surface area (Å²) in [7, 11) is 0. The molecule has 3 heterocycles. The van der Waals surface area contributed by atoms with Gasteiger partial charge in [-0.25, -0.2) is 4.98 Å². The SMILES string of the molecule is Clc1ccc(-c2nnc(SCc3ccc(Cl)nc3)n2Cc2ccco2)cc1. The smallest absolute Gasteiger partial charge is 0.192 e. The van der Waals surface area contributed by atoms with E-state index in [4.69, 9.17) is 27.6 Å². The van der Waals surface area contributed by atoms with Crippen molar-refractivity contribution in [2.24, 2.45) is 0 Å². The molecule has 8 heteroatoms. The molecule has 0 spiro atoms. The summed E-state index contributed by atoms with van der Waals surface area (Å²) in [6.45, 7) is 0.541. The molecule has 0 N–H and O–H groups in total. The van der Waals surface area contributed by atoms with Crippen molar-refractivity contribution in [3.8, 4) is 11.4 Å². The molecule has 27 heavy (non-hydrogen) atoms. The van der Waals surface area contributed by atoms with E-state index in [-0.39, 0.29) is 0 Å². The van der Waals surface area contributed by atoms with E-state index in [1.54, 1.807) is 30.3 Å². The number of nitrogens with zero attached hydrogens (tertiary/aromatic N) is 4. The van der Waals surface area contributed by atoms with Crippen molar-refractivity contribution in [1.29, 1.82) is 0 Å². The first-order valence-electron chi connectivity index (χ1n) is 8.14. The van der Waals surface area contributed by atoms with Crippen molar-refractivity contribution in [2.45, 2.75) is 17.5 Å². The summed E-state index contributed by atoms with van der Waals surface area (Å²) in [5, 5.41) is 10.7. The Morgan fingerprint density at radius 2 is 1.85 bits per heavy atom. The van der Waals surface area contributed by atoms with Crippen LogP contribution >= 0.6 is 35.0 Å². The molecule has 136 valence electrons. The lowest BCUT2D eigenvalue weighted by atomic mass is 10.2. The third-order valence-corrected chi connectivity index (χ3v) is 5.38. The van der Waals surface area contributed by atoms with Crippen LogP contribution in [-0.4, -0.2) is 19.7 Å². The highest BCUT2D eigenvalue weighted by Crippen LogP contribution is 2.28. The number of pyridine rings is 1. The van der Waals surface area contributed by atoms with E-state index < -0.39 is 0 Å². The third kappa shape index (κ3) is 4.35. The summed E-state index contributed by atoms with van der Waals surface area (Å²) in [6, 6.07) is 15.1. The standard InChI is InChI=1S/C19H14Cl2N4OS/c20-15-6-4-14(5-7-15)18-23-24-19(25(18)11-16-2-1-9-26-16)27-12-13-3-8-17(21)22-10-13/h1-10H,11-12H2. The topological polar surface area (TPSA) is 56.7 Å². The molecule has 0 aliphatic heterocycles. The summed E-state index contributed by atoms with van der Waals surface area (Å²) in [6.07, 6.45) is 3.43. The van der Waals surface area contributed by atoms with Gasteiger partial charge in [-0.1, -0.05) is 41.0 Å². The minimum Gasteiger partial charge on any atom is -0.467 e. The number of furan rings is 1. The minimum atomic E-state index is 0.481. The van der Waals surface area contributed by atoms with E-state index in [9.17, 15) is 0 Å². The molecule has 0 aliphatic rings. The van der Waals surface area contributed by atoms with E-state index in [0.717, 1.165) is 27.9 Å². The van der Waals surface area contributed by atoms with Gasteiger partial charge in [0.1, 0.15) is 10.9 Å². The van der Waals surface area contributed by atoms with Gasteiger partial charge in [-0.2, -0.15) is 0 Å². The maximum absolute atomic E-state index is 6.01. The Morgan fingerprint density at radius 3 is 2.56 bits per heavy atom. The molecule has 0 fully saturated rings. The number of benzene rings is 1. The lowest BCUT2D eigenvalue weighted by Crippen LogP contribution is -2.03. The van der Waals surface area contributed by atoms with Crippen LogP contribution in [-0.2, 0) is 12.3 Å². The van der Waals surface area contributed by atoms with E-state index in [1.807, 2.05) is 47.0 Å². The maximum atomic E-state index is 6.01. The van der Waals surface area contributed by atoms with Crippen LogP contribution in [0.2, 0.25) is 10.2 Å². The fourth-order valence-corrected chi connectivity index (χ4v) is 3.66. The molecule has 0 saturated carbocycles. The van der Waals surface area contributed by atoms with Crippen LogP contribution in [0.3, 0.4) is 0 Å². The van der Waals surface area contributed by atoms with Gasteiger partial charge in [0.2, 0.25) is 0 Å². The number of thioether (sulfide) groups is 1. The molecule has 0 aliphatic carbocycles. The van der Waals surface area contributed by atoms with Gasteiger partial charge in [-0.3, -0.25) is 4.57 Å². The van der Waals surface area contributed by atoms with E-state index >= 15 is 0 Å². The van der Waals surface area contributed by atoms with Gasteiger partial charge in [0, 0.05) is 22.5 Å². The molecule has 0 amide bonds. The minimum absolute atomic E-state index is 0.481. The predicted octanol–water partition coefficient (Wildman–Crippen LogP) is 5.58. The van der Waals surface area contributed by atoms with Crippen LogP contribution in [0, 0.1) is 0 Å². The van der Waals surface area contributed by atoms with Gasteiger partial charge in [-0.05, 0) is 48.0 Å². The highest BCUT2D eigenvalue weighted by Gasteiger charge is 2.16. The fourth-order valence-electron chi connectivity index (χ4n) is 2.55. The number of hydrogen-bond donors (Lipinski definition) is 0. The zero-order valence-electron chi connectivity index (χ0n) is 14.0. The van der Waals surface area contributed by atoms with Crippen LogP contribution in [0.5, 0.6) is 0 Å². The number of rotatable bonds is 6. The second-order valence-corrected chi connectivity index (χ2v) is 7.52. The molecule has 5 nitrogen and oxygen atoms in total. The van der Waals surface area contributed by atoms with Crippen molar-refractivity contribution in [2.75, 3.05) is 0 Å². The molecule has 0 bridgehead atoms. The first kappa shape index (κ1) is 18.1. The zero-order chi connectivity index (χ0) is 18.6. The Bertz CT molecular complexity index is 1020. The molecule has 1 aromatic carbocycles. The van der Waals surface area contributed by atoms with Crippen molar-refractivity contribution >= 4 is 35.0 Å². The summed E-state index contributed by atoms with van der Waals surface area (Å²) >= 11 is 13.4. The first-order valence-corrected chi connectivity index (χ1v) is 9.88. The molecule has 3 aromatic heterocycles. The summed E-state index contributed by atoms with van der Waals surface area (Å²) in [5.74, 6) is 2.31. The van der Waals surface area contributed by atoms with Crippen LogP contribution < -0.4 is 0 Å². The van der Waals surface area contributed by atoms with E-state index in [1.165, 1.54) is 0 Å². The lowest BCUT2D eigenvalue weighted by molar-refractivity contribution is 0.485. The van der Waals surface area contributed by atoms with Gasteiger partial charge in [-0.15, -0.1) is 10.2 Å². The van der Waals surface area contributed by atoms with Crippen molar-refractivity contribution < 1.29 is 4.42 Å². The first-order chi connectivity index (χ1) is 13.2. The molecule has 0 unspecified atom stereocenters. The van der Waals surface area contributed by atoms with Gasteiger partial charge in [0.15, 0.2) is 11.0 Å². The normalized spacial score (nSPS) is 11.0. The number of halogens is 2. The third-order valence-electron chi connectivity index (χ3n) is 3.87. The van der Waals surface area contributed by atoms with E-state index in [0.29, 0.717) is 22.5 Å². The average molecular weight is 417 g/mol. The zero-order valence-corrected chi connectivity index (χ0v) is 16.4. The second kappa shape index (κ2) is 8.17. The quantitative estimate of drug-likeness (QED) is 0.303. The molecule has 0 radical (unpaired) electrons. The second-order valence-electron chi connectivity index (χ2n) is 5.76. The number of aromatic nitrogens is 4. The van der Waals surface area contributed by atoms with Crippen LogP contribution in [0.25, 0.3) is 11.4 Å². The highest BCUT2D eigenvalue weighted by molar-refractivity contribution is 7.98. The molecular weight excluding hydrogens is 403 g/mol. The van der Waals surface area contributed by atoms with Crippen molar-refractivity contribution in [1.82, 2.24) is 19.7 Å². The summed E-state index contributed by atoms with van der Waals surface area (Å²) in [4.78, 5) is 4.12. The molecule has 4 aromatic rings. The number of hydrogen-bond acceptors (Lipinski definition) is 5. The van der Waals surface area contributed by atoms with Gasteiger partial charge >= 0.3 is 0 Å². The lowest BCUT2D eigenvalue weighted by Gasteiger charge is -2.09. The van der Waals surface area contributed by atoms with Crippen LogP contribution in [0.1, 0.15) is 11.3 Å². The van der Waals surface area contributed by atoms with Gasteiger partial charge in [0.25, 0.3) is 0 Å². The summed E-state index contributed by atoms with van der Waals surface area (Å²) < 4.78 is 7.55. The van der Waals surface area contributed by atoms with Gasteiger partial charge < -0.3 is 4.42 Å². The Balaban J connectivity index is 1.63. The highest BCUT2D eigenvalue weighted by atomic mass is 35.5. The Hall–Kier alpha value is -2.28. The Kier molecular flexibility index (Phi) is 5.48. The molecule has 4 rings (SSSR count). The molecule has 0 atom stereocenters. The van der Waals surface area contributed by atoms with Gasteiger partial charge in [0.05, 0.1) is 12.8 Å². The Labute approximate surface area is 170 Å². The van der Waals surface area contributed by atoms with Crippen LogP contribution in [0.4, 0.5) is 0 Å². The molecular formula is C19H14Cl2N4OS. The maximum Gasteiger partial charge on any atom is 0.192 e. The fraction of sp³-hybridized carbons (Fsp3) is 0.105. The Morgan fingerprint density at radius 1 is 1.00 bits per heavy atom. The summed E-state index contributed by atoms with van der Waals surface area (Å²) in [5.41, 5.74) is 2.00.